The molecule has 0 aromatic heterocycles. The van der Waals surface area contributed by atoms with Crippen molar-refractivity contribution in [3.63, 3.8) is 0 Å². The molecule has 4 rings (SSSR count). The first kappa shape index (κ1) is 25.3. The molecule has 2 N–H and O–H groups in total. The SMILES string of the molecule is O=C(NCc1ccccc1)c1cc(Oc2cccc(Br)c2)ccc1NS(=O)(=O)c1ccc(F)c(F)c1. The van der Waals surface area contributed by atoms with Crippen LogP contribution in [-0.2, 0) is 16.6 Å². The van der Waals surface area contributed by atoms with Gasteiger partial charge in [0.1, 0.15) is 11.5 Å². The van der Waals surface area contributed by atoms with Crippen LogP contribution in [0.4, 0.5) is 14.5 Å². The second-order valence-corrected chi connectivity index (χ2v) is 10.2. The van der Waals surface area contributed by atoms with E-state index in [1.807, 2.05) is 36.4 Å². The molecular weight excluding hydrogens is 554 g/mol. The Morgan fingerprint density at radius 1 is 0.833 bits per heavy atom. The number of carbonyl (C=O) groups is 1. The Morgan fingerprint density at radius 2 is 1.58 bits per heavy atom. The van der Waals surface area contributed by atoms with Gasteiger partial charge in [-0.2, -0.15) is 0 Å². The van der Waals surface area contributed by atoms with E-state index in [9.17, 15) is 22.0 Å². The highest BCUT2D eigenvalue weighted by molar-refractivity contribution is 9.10. The molecule has 0 aliphatic rings. The van der Waals surface area contributed by atoms with E-state index >= 15 is 0 Å². The molecule has 1 amide bonds. The number of carbonyl (C=O) groups excluding carboxylic acids is 1. The highest BCUT2D eigenvalue weighted by Gasteiger charge is 2.21. The topological polar surface area (TPSA) is 84.5 Å². The van der Waals surface area contributed by atoms with Crippen molar-refractivity contribution in [1.29, 1.82) is 0 Å². The lowest BCUT2D eigenvalue weighted by Crippen LogP contribution is -2.25. The first-order chi connectivity index (χ1) is 17.2. The number of nitrogens with one attached hydrogen (secondary N) is 2. The van der Waals surface area contributed by atoms with Crippen LogP contribution >= 0.6 is 15.9 Å². The fraction of sp³-hybridized carbons (Fsp3) is 0.0385. The summed E-state index contributed by atoms with van der Waals surface area (Å²) in [5, 5.41) is 2.75. The minimum atomic E-state index is -4.34. The number of hydrogen-bond acceptors (Lipinski definition) is 4. The van der Waals surface area contributed by atoms with Gasteiger partial charge in [-0.3, -0.25) is 9.52 Å². The highest BCUT2D eigenvalue weighted by Crippen LogP contribution is 2.29. The number of sulfonamides is 1. The van der Waals surface area contributed by atoms with Crippen molar-refractivity contribution in [1.82, 2.24) is 5.32 Å². The molecule has 0 fully saturated rings. The van der Waals surface area contributed by atoms with Gasteiger partial charge in [-0.05, 0) is 60.2 Å². The molecule has 4 aromatic carbocycles. The zero-order chi connectivity index (χ0) is 25.7. The maximum absolute atomic E-state index is 13.7. The van der Waals surface area contributed by atoms with E-state index in [0.717, 1.165) is 16.1 Å². The van der Waals surface area contributed by atoms with Gasteiger partial charge in [0.15, 0.2) is 11.6 Å². The van der Waals surface area contributed by atoms with Gasteiger partial charge in [0.25, 0.3) is 15.9 Å². The summed E-state index contributed by atoms with van der Waals surface area (Å²) in [6.45, 7) is 0.200. The van der Waals surface area contributed by atoms with E-state index in [1.165, 1.54) is 18.2 Å². The summed E-state index contributed by atoms with van der Waals surface area (Å²) in [6, 6.07) is 22.7. The third-order valence-electron chi connectivity index (χ3n) is 5.01. The van der Waals surface area contributed by atoms with Crippen LogP contribution in [0.2, 0.25) is 0 Å². The van der Waals surface area contributed by atoms with Crippen LogP contribution < -0.4 is 14.8 Å². The van der Waals surface area contributed by atoms with Crippen molar-refractivity contribution in [2.75, 3.05) is 4.72 Å². The molecule has 0 saturated heterocycles. The normalized spacial score (nSPS) is 11.1. The molecule has 10 heteroatoms. The van der Waals surface area contributed by atoms with E-state index in [4.69, 9.17) is 4.74 Å². The first-order valence-electron chi connectivity index (χ1n) is 10.6. The zero-order valence-corrected chi connectivity index (χ0v) is 20.9. The van der Waals surface area contributed by atoms with Crippen LogP contribution in [0.3, 0.4) is 0 Å². The lowest BCUT2D eigenvalue weighted by Gasteiger charge is -2.15. The van der Waals surface area contributed by atoms with Crippen LogP contribution in [0.15, 0.2) is 100 Å². The average molecular weight is 573 g/mol. The molecule has 0 heterocycles. The molecule has 0 radical (unpaired) electrons. The number of halogens is 3. The van der Waals surface area contributed by atoms with Crippen molar-refractivity contribution in [3.8, 4) is 11.5 Å². The van der Waals surface area contributed by atoms with Crippen LogP contribution in [0.1, 0.15) is 15.9 Å². The molecular formula is C26H19BrF2N2O4S. The molecule has 0 saturated carbocycles. The summed E-state index contributed by atoms with van der Waals surface area (Å²) in [5.41, 5.74) is 0.757. The van der Waals surface area contributed by atoms with Gasteiger partial charge in [-0.1, -0.05) is 52.3 Å². The van der Waals surface area contributed by atoms with Crippen molar-refractivity contribution in [2.45, 2.75) is 11.4 Å². The van der Waals surface area contributed by atoms with Crippen molar-refractivity contribution in [2.24, 2.45) is 0 Å². The maximum Gasteiger partial charge on any atom is 0.262 e. The monoisotopic (exact) mass is 572 g/mol. The molecule has 0 aliphatic carbocycles. The van der Waals surface area contributed by atoms with Gasteiger partial charge in [0.2, 0.25) is 0 Å². The van der Waals surface area contributed by atoms with E-state index in [-0.39, 0.29) is 23.5 Å². The van der Waals surface area contributed by atoms with Gasteiger partial charge in [0, 0.05) is 11.0 Å². The number of amides is 1. The van der Waals surface area contributed by atoms with Crippen LogP contribution in [-0.4, -0.2) is 14.3 Å². The number of anilines is 1. The lowest BCUT2D eigenvalue weighted by atomic mass is 10.1. The summed E-state index contributed by atoms with van der Waals surface area (Å²) in [4.78, 5) is 12.6. The van der Waals surface area contributed by atoms with Gasteiger partial charge in [-0.15, -0.1) is 0 Å². The molecule has 0 unspecified atom stereocenters. The molecule has 0 bridgehead atoms. The highest BCUT2D eigenvalue weighted by atomic mass is 79.9. The van der Waals surface area contributed by atoms with Gasteiger partial charge in [-0.25, -0.2) is 17.2 Å². The Bertz CT molecular complexity index is 1520. The second kappa shape index (κ2) is 10.9. The molecule has 0 spiro atoms. The van der Waals surface area contributed by atoms with Gasteiger partial charge < -0.3 is 10.1 Å². The first-order valence-corrected chi connectivity index (χ1v) is 12.9. The predicted molar refractivity (Wildman–Crippen MR) is 135 cm³/mol. The van der Waals surface area contributed by atoms with Crippen molar-refractivity contribution in [3.05, 3.63) is 118 Å². The van der Waals surface area contributed by atoms with E-state index in [2.05, 4.69) is 26.0 Å². The Morgan fingerprint density at radius 3 is 2.31 bits per heavy atom. The molecule has 4 aromatic rings. The minimum absolute atomic E-state index is 0.0235. The van der Waals surface area contributed by atoms with Crippen LogP contribution in [0.25, 0.3) is 0 Å². The molecule has 36 heavy (non-hydrogen) atoms. The van der Waals surface area contributed by atoms with Crippen molar-refractivity contribution < 1.29 is 26.7 Å². The lowest BCUT2D eigenvalue weighted by molar-refractivity contribution is 0.0951. The fourth-order valence-corrected chi connectivity index (χ4v) is 4.72. The van der Waals surface area contributed by atoms with Crippen molar-refractivity contribution >= 4 is 37.5 Å². The predicted octanol–water partition coefficient (Wildman–Crippen LogP) is 6.25. The maximum atomic E-state index is 13.7. The third kappa shape index (κ3) is 6.27. The molecule has 6 nitrogen and oxygen atoms in total. The van der Waals surface area contributed by atoms with E-state index < -0.39 is 32.5 Å². The number of ether oxygens (including phenoxy) is 1. The molecule has 184 valence electrons. The third-order valence-corrected chi connectivity index (χ3v) is 6.87. The quantitative estimate of drug-likeness (QED) is 0.261. The summed E-state index contributed by atoms with van der Waals surface area (Å²) in [7, 11) is -4.34. The Hall–Kier alpha value is -3.76. The summed E-state index contributed by atoms with van der Waals surface area (Å²) in [5.74, 6) is -2.27. The summed E-state index contributed by atoms with van der Waals surface area (Å²) < 4.78 is 61.6. The Labute approximate surface area is 215 Å². The summed E-state index contributed by atoms with van der Waals surface area (Å²) >= 11 is 3.36. The number of benzene rings is 4. The van der Waals surface area contributed by atoms with Gasteiger partial charge in [0.05, 0.1) is 16.1 Å². The molecule has 0 aliphatic heterocycles. The average Bonchev–Trinajstić information content (AvgIpc) is 2.85. The summed E-state index contributed by atoms with van der Waals surface area (Å²) in [6.07, 6.45) is 0. The van der Waals surface area contributed by atoms with Crippen LogP contribution in [0.5, 0.6) is 11.5 Å². The largest absolute Gasteiger partial charge is 0.457 e. The second-order valence-electron chi connectivity index (χ2n) is 7.62. The number of rotatable bonds is 8. The fourth-order valence-electron chi connectivity index (χ4n) is 3.25. The van der Waals surface area contributed by atoms with E-state index in [1.54, 1.807) is 18.2 Å². The Kier molecular flexibility index (Phi) is 7.66. The van der Waals surface area contributed by atoms with E-state index in [0.29, 0.717) is 17.9 Å². The number of hydrogen-bond donors (Lipinski definition) is 2. The minimum Gasteiger partial charge on any atom is -0.457 e. The Balaban J connectivity index is 1.66. The van der Waals surface area contributed by atoms with Crippen LogP contribution in [0, 0.1) is 11.6 Å². The standard InChI is InChI=1S/C26H19BrF2N2O4S/c27-18-7-4-8-19(13-18)35-20-9-12-25(31-36(33,34)21-10-11-23(28)24(29)15-21)22(14-20)26(32)30-16-17-5-2-1-3-6-17/h1-15,31H,16H2,(H,30,32). The zero-order valence-electron chi connectivity index (χ0n) is 18.5. The van der Waals surface area contributed by atoms with Gasteiger partial charge >= 0.3 is 0 Å². The smallest absolute Gasteiger partial charge is 0.262 e. The molecule has 0 atom stereocenters.